The minimum absolute atomic E-state index is 0.0266. The molecule has 2 aromatic carbocycles. The van der Waals surface area contributed by atoms with Gasteiger partial charge in [-0.25, -0.2) is 0 Å². The maximum absolute atomic E-state index is 11.4. The molecule has 0 spiro atoms. The minimum Gasteiger partial charge on any atom is -0.457 e. The number of carbonyl (C=O) groups excluding carboxylic acids is 1. The van der Waals surface area contributed by atoms with Crippen molar-refractivity contribution in [2.45, 2.75) is 6.42 Å². The fraction of sp³-hybridized carbons (Fsp3) is 0.0667. The molecule has 20 heavy (non-hydrogen) atoms. The standard InChI is InChI=1S/C15H14N2O3/c18-15(10-11-16-19)17-12-6-8-14(9-7-12)20-13-4-2-1-3-5-13/h1-9,11,19H,10H2,(H,17,18)/b16-11-. The topological polar surface area (TPSA) is 70.9 Å². The normalized spacial score (nSPS) is 10.4. The summed E-state index contributed by atoms with van der Waals surface area (Å²) in [5.41, 5.74) is 0.654. The quantitative estimate of drug-likeness (QED) is 0.497. The summed E-state index contributed by atoms with van der Waals surface area (Å²) in [6, 6.07) is 16.5. The van der Waals surface area contributed by atoms with Crippen molar-refractivity contribution >= 4 is 17.8 Å². The van der Waals surface area contributed by atoms with Gasteiger partial charge in [0.25, 0.3) is 0 Å². The molecule has 0 aliphatic carbocycles. The zero-order valence-corrected chi connectivity index (χ0v) is 10.7. The summed E-state index contributed by atoms with van der Waals surface area (Å²) in [5.74, 6) is 1.19. The van der Waals surface area contributed by atoms with Crippen LogP contribution in [0.15, 0.2) is 59.8 Å². The molecule has 0 heterocycles. The van der Waals surface area contributed by atoms with Gasteiger partial charge in [0.1, 0.15) is 11.5 Å². The molecule has 0 aromatic heterocycles. The lowest BCUT2D eigenvalue weighted by Gasteiger charge is -2.07. The first-order valence-electron chi connectivity index (χ1n) is 6.06. The lowest BCUT2D eigenvalue weighted by atomic mass is 10.3. The number of nitrogens with one attached hydrogen (secondary N) is 1. The summed E-state index contributed by atoms with van der Waals surface area (Å²) < 4.78 is 5.64. The van der Waals surface area contributed by atoms with Crippen molar-refractivity contribution in [1.82, 2.24) is 0 Å². The Morgan fingerprint density at radius 1 is 1.10 bits per heavy atom. The molecule has 2 aromatic rings. The molecule has 1 amide bonds. The average Bonchev–Trinajstić information content (AvgIpc) is 2.48. The lowest BCUT2D eigenvalue weighted by molar-refractivity contribution is -0.115. The zero-order chi connectivity index (χ0) is 14.2. The highest BCUT2D eigenvalue weighted by molar-refractivity contribution is 5.98. The number of carbonyl (C=O) groups is 1. The van der Waals surface area contributed by atoms with Gasteiger partial charge in [-0.1, -0.05) is 18.2 Å². The van der Waals surface area contributed by atoms with Crippen LogP contribution < -0.4 is 10.1 Å². The first kappa shape index (κ1) is 13.6. The van der Waals surface area contributed by atoms with Crippen LogP contribution in [-0.4, -0.2) is 17.3 Å². The number of hydrogen-bond donors (Lipinski definition) is 2. The smallest absolute Gasteiger partial charge is 0.229 e. The molecule has 2 rings (SSSR count). The Bertz CT molecular complexity index is 580. The second kappa shape index (κ2) is 6.94. The molecule has 0 aliphatic heterocycles. The van der Waals surface area contributed by atoms with Gasteiger partial charge in [-0.3, -0.25) is 4.79 Å². The maximum Gasteiger partial charge on any atom is 0.229 e. The fourth-order valence-corrected chi connectivity index (χ4v) is 1.57. The number of para-hydroxylation sites is 1. The van der Waals surface area contributed by atoms with Gasteiger partial charge in [-0.2, -0.15) is 0 Å². The third kappa shape index (κ3) is 4.13. The summed E-state index contributed by atoms with van der Waals surface area (Å²) in [6.45, 7) is 0. The molecule has 5 nitrogen and oxygen atoms in total. The summed E-state index contributed by atoms with van der Waals surface area (Å²) in [4.78, 5) is 11.4. The first-order valence-corrected chi connectivity index (χ1v) is 6.06. The van der Waals surface area contributed by atoms with Crippen LogP contribution in [0.5, 0.6) is 11.5 Å². The van der Waals surface area contributed by atoms with Crippen molar-refractivity contribution in [1.29, 1.82) is 0 Å². The van der Waals surface area contributed by atoms with Crippen LogP contribution in [0, 0.1) is 0 Å². The second-order valence-electron chi connectivity index (χ2n) is 3.99. The number of ether oxygens (including phenoxy) is 1. The largest absolute Gasteiger partial charge is 0.457 e. The van der Waals surface area contributed by atoms with Gasteiger partial charge in [0.2, 0.25) is 5.91 Å². The summed E-state index contributed by atoms with van der Waals surface area (Å²) >= 11 is 0. The van der Waals surface area contributed by atoms with Crippen LogP contribution >= 0.6 is 0 Å². The van der Waals surface area contributed by atoms with E-state index in [0.717, 1.165) is 12.0 Å². The Balaban J connectivity index is 1.94. The van der Waals surface area contributed by atoms with E-state index in [4.69, 9.17) is 9.94 Å². The highest BCUT2D eigenvalue weighted by Gasteiger charge is 2.01. The predicted molar refractivity (Wildman–Crippen MR) is 76.5 cm³/mol. The maximum atomic E-state index is 11.4. The van der Waals surface area contributed by atoms with E-state index in [0.29, 0.717) is 11.4 Å². The molecule has 0 saturated carbocycles. The molecule has 0 unspecified atom stereocenters. The van der Waals surface area contributed by atoms with Gasteiger partial charge in [-0.15, -0.1) is 5.16 Å². The SMILES string of the molecule is O=C(C/C=N\O)Nc1ccc(Oc2ccccc2)cc1. The van der Waals surface area contributed by atoms with E-state index in [2.05, 4.69) is 10.5 Å². The average molecular weight is 270 g/mol. The highest BCUT2D eigenvalue weighted by Crippen LogP contribution is 2.22. The van der Waals surface area contributed by atoms with Crippen LogP contribution in [0.4, 0.5) is 5.69 Å². The van der Waals surface area contributed by atoms with Crippen molar-refractivity contribution in [3.63, 3.8) is 0 Å². The van der Waals surface area contributed by atoms with E-state index in [9.17, 15) is 4.79 Å². The number of oxime groups is 1. The monoisotopic (exact) mass is 270 g/mol. The molecule has 0 bridgehead atoms. The Morgan fingerprint density at radius 2 is 1.75 bits per heavy atom. The van der Waals surface area contributed by atoms with Crippen molar-refractivity contribution in [3.05, 3.63) is 54.6 Å². The van der Waals surface area contributed by atoms with Crippen molar-refractivity contribution in [3.8, 4) is 11.5 Å². The van der Waals surface area contributed by atoms with Crippen LogP contribution in [0.25, 0.3) is 0 Å². The van der Waals surface area contributed by atoms with Gasteiger partial charge in [0.15, 0.2) is 0 Å². The number of nitrogens with zero attached hydrogens (tertiary/aromatic N) is 1. The van der Waals surface area contributed by atoms with E-state index in [1.165, 1.54) is 0 Å². The van der Waals surface area contributed by atoms with Gasteiger partial charge >= 0.3 is 0 Å². The van der Waals surface area contributed by atoms with Crippen molar-refractivity contribution in [2.24, 2.45) is 5.16 Å². The third-order valence-electron chi connectivity index (χ3n) is 2.48. The summed E-state index contributed by atoms with van der Waals surface area (Å²) in [5, 5.41) is 13.7. The van der Waals surface area contributed by atoms with E-state index >= 15 is 0 Å². The van der Waals surface area contributed by atoms with E-state index in [1.54, 1.807) is 24.3 Å². The number of benzene rings is 2. The molecule has 0 atom stereocenters. The number of anilines is 1. The van der Waals surface area contributed by atoms with Crippen LogP contribution in [0.3, 0.4) is 0 Å². The Labute approximate surface area is 116 Å². The molecule has 0 saturated heterocycles. The van der Waals surface area contributed by atoms with Gasteiger partial charge < -0.3 is 15.3 Å². The first-order chi connectivity index (χ1) is 9.78. The number of rotatable bonds is 5. The highest BCUT2D eigenvalue weighted by atomic mass is 16.5. The molecular weight excluding hydrogens is 256 g/mol. The molecule has 0 radical (unpaired) electrons. The van der Waals surface area contributed by atoms with Crippen LogP contribution in [0.2, 0.25) is 0 Å². The molecule has 5 heteroatoms. The molecule has 0 fully saturated rings. The Kier molecular flexibility index (Phi) is 4.72. The summed E-state index contributed by atoms with van der Waals surface area (Å²) in [6.07, 6.45) is 1.15. The minimum atomic E-state index is -0.250. The van der Waals surface area contributed by atoms with E-state index in [1.807, 2.05) is 30.3 Å². The van der Waals surface area contributed by atoms with Crippen LogP contribution in [0.1, 0.15) is 6.42 Å². The second-order valence-corrected chi connectivity index (χ2v) is 3.99. The van der Waals surface area contributed by atoms with Crippen molar-refractivity contribution in [2.75, 3.05) is 5.32 Å². The van der Waals surface area contributed by atoms with E-state index < -0.39 is 0 Å². The predicted octanol–water partition coefficient (Wildman–Crippen LogP) is 3.27. The molecule has 2 N–H and O–H groups in total. The zero-order valence-electron chi connectivity index (χ0n) is 10.7. The number of hydrogen-bond acceptors (Lipinski definition) is 4. The Morgan fingerprint density at radius 3 is 2.40 bits per heavy atom. The van der Waals surface area contributed by atoms with Crippen LogP contribution in [-0.2, 0) is 4.79 Å². The fourth-order valence-electron chi connectivity index (χ4n) is 1.57. The molecule has 102 valence electrons. The van der Waals surface area contributed by atoms with Gasteiger partial charge in [-0.05, 0) is 36.4 Å². The van der Waals surface area contributed by atoms with E-state index in [-0.39, 0.29) is 12.3 Å². The molecule has 0 aliphatic rings. The molecular formula is C15H14N2O3. The lowest BCUT2D eigenvalue weighted by Crippen LogP contribution is -2.11. The van der Waals surface area contributed by atoms with Gasteiger partial charge in [0, 0.05) is 5.69 Å². The Hall–Kier alpha value is -2.82. The summed E-state index contributed by atoms with van der Waals surface area (Å²) in [7, 11) is 0. The van der Waals surface area contributed by atoms with Gasteiger partial charge in [0.05, 0.1) is 12.6 Å². The number of amides is 1. The third-order valence-corrected chi connectivity index (χ3v) is 2.48. The van der Waals surface area contributed by atoms with Crippen molar-refractivity contribution < 1.29 is 14.7 Å².